The first kappa shape index (κ1) is 14.2. The van der Waals surface area contributed by atoms with Crippen molar-refractivity contribution in [2.75, 3.05) is 7.11 Å². The summed E-state index contributed by atoms with van der Waals surface area (Å²) in [4.78, 5) is 0. The highest BCUT2D eigenvalue weighted by atomic mass is 32.2. The molecule has 2 N–H and O–H groups in total. The Hall–Kier alpha value is -0.870. The molecule has 4 heteroatoms. The SMILES string of the molecule is CCC(C)S(=O)Cc1ccc(CN)c(OC)c1. The fourth-order valence-electron chi connectivity index (χ4n) is 1.54. The van der Waals surface area contributed by atoms with E-state index >= 15 is 0 Å². The van der Waals surface area contributed by atoms with Crippen molar-refractivity contribution >= 4 is 10.8 Å². The van der Waals surface area contributed by atoms with Crippen LogP contribution in [0.5, 0.6) is 5.75 Å². The van der Waals surface area contributed by atoms with E-state index in [1.165, 1.54) is 0 Å². The van der Waals surface area contributed by atoms with Crippen LogP contribution in [-0.2, 0) is 23.1 Å². The third kappa shape index (κ3) is 3.82. The molecular weight excluding hydrogens is 234 g/mol. The molecule has 96 valence electrons. The van der Waals surface area contributed by atoms with E-state index in [2.05, 4.69) is 6.92 Å². The number of benzene rings is 1. The summed E-state index contributed by atoms with van der Waals surface area (Å²) >= 11 is 0. The molecule has 2 atom stereocenters. The minimum Gasteiger partial charge on any atom is -0.496 e. The van der Waals surface area contributed by atoms with Crippen LogP contribution in [0.4, 0.5) is 0 Å². The van der Waals surface area contributed by atoms with Gasteiger partial charge in [-0.05, 0) is 18.1 Å². The first-order valence-electron chi connectivity index (χ1n) is 5.85. The van der Waals surface area contributed by atoms with E-state index in [1.807, 2.05) is 25.1 Å². The first-order valence-corrected chi connectivity index (χ1v) is 7.23. The Bertz CT molecular complexity index is 393. The molecule has 0 amide bonds. The van der Waals surface area contributed by atoms with Gasteiger partial charge in [-0.25, -0.2) is 0 Å². The van der Waals surface area contributed by atoms with Gasteiger partial charge in [-0.15, -0.1) is 0 Å². The van der Waals surface area contributed by atoms with E-state index in [4.69, 9.17) is 10.5 Å². The van der Waals surface area contributed by atoms with Gasteiger partial charge in [-0.3, -0.25) is 4.21 Å². The monoisotopic (exact) mass is 255 g/mol. The molecule has 0 spiro atoms. The Morgan fingerprint density at radius 3 is 2.71 bits per heavy atom. The molecule has 1 aromatic carbocycles. The third-order valence-electron chi connectivity index (χ3n) is 2.90. The van der Waals surface area contributed by atoms with Crippen LogP contribution in [0.2, 0.25) is 0 Å². The maximum Gasteiger partial charge on any atom is 0.123 e. The minimum atomic E-state index is -0.821. The van der Waals surface area contributed by atoms with E-state index in [0.717, 1.165) is 23.3 Å². The second kappa shape index (κ2) is 6.77. The van der Waals surface area contributed by atoms with Crippen molar-refractivity contribution in [2.24, 2.45) is 5.73 Å². The number of rotatable bonds is 6. The molecule has 0 bridgehead atoms. The molecule has 17 heavy (non-hydrogen) atoms. The fraction of sp³-hybridized carbons (Fsp3) is 0.538. The fourth-order valence-corrected chi connectivity index (χ4v) is 2.70. The van der Waals surface area contributed by atoms with Crippen molar-refractivity contribution < 1.29 is 8.95 Å². The normalized spacial score (nSPS) is 14.4. The smallest absolute Gasteiger partial charge is 0.123 e. The van der Waals surface area contributed by atoms with Crippen LogP contribution in [0.1, 0.15) is 31.4 Å². The van der Waals surface area contributed by atoms with Crippen LogP contribution in [0.3, 0.4) is 0 Å². The third-order valence-corrected chi connectivity index (χ3v) is 4.75. The average molecular weight is 255 g/mol. The zero-order valence-corrected chi connectivity index (χ0v) is 11.5. The zero-order chi connectivity index (χ0) is 12.8. The summed E-state index contributed by atoms with van der Waals surface area (Å²) in [7, 11) is 0.807. The quantitative estimate of drug-likeness (QED) is 0.848. The Balaban J connectivity index is 2.82. The van der Waals surface area contributed by atoms with Crippen LogP contribution < -0.4 is 10.5 Å². The Labute approximate surface area is 106 Å². The maximum atomic E-state index is 11.9. The molecule has 0 aromatic heterocycles. The average Bonchev–Trinajstić information content (AvgIpc) is 2.37. The van der Waals surface area contributed by atoms with Gasteiger partial charge in [0.2, 0.25) is 0 Å². The first-order chi connectivity index (χ1) is 8.12. The summed E-state index contributed by atoms with van der Waals surface area (Å²) in [5.41, 5.74) is 7.62. The summed E-state index contributed by atoms with van der Waals surface area (Å²) in [6.07, 6.45) is 0.935. The molecule has 2 unspecified atom stereocenters. The molecule has 1 rings (SSSR count). The number of hydrogen-bond acceptors (Lipinski definition) is 3. The molecule has 3 nitrogen and oxygen atoms in total. The lowest BCUT2D eigenvalue weighted by atomic mass is 10.1. The Kier molecular flexibility index (Phi) is 5.65. The predicted octanol–water partition coefficient (Wildman–Crippen LogP) is 2.20. The number of ether oxygens (including phenoxy) is 1. The standard InChI is InChI=1S/C13H21NO2S/c1-4-10(2)17(15)9-11-5-6-12(8-14)13(7-11)16-3/h5-7,10H,4,8-9,14H2,1-3H3. The van der Waals surface area contributed by atoms with Gasteiger partial charge in [0.1, 0.15) is 5.75 Å². The summed E-state index contributed by atoms with van der Waals surface area (Å²) < 4.78 is 17.2. The van der Waals surface area contributed by atoms with E-state index in [9.17, 15) is 4.21 Å². The summed E-state index contributed by atoms with van der Waals surface area (Å²) in [5, 5.41) is 0.232. The lowest BCUT2D eigenvalue weighted by Crippen LogP contribution is -2.11. The highest BCUT2D eigenvalue weighted by Gasteiger charge is 2.11. The molecule has 0 saturated heterocycles. The molecule has 0 aliphatic heterocycles. The molecule has 0 fully saturated rings. The topological polar surface area (TPSA) is 52.3 Å². The van der Waals surface area contributed by atoms with Crippen molar-refractivity contribution in [3.63, 3.8) is 0 Å². The summed E-state index contributed by atoms with van der Waals surface area (Å²) in [6.45, 7) is 4.53. The number of methoxy groups -OCH3 is 1. The van der Waals surface area contributed by atoms with E-state index in [0.29, 0.717) is 12.3 Å². The van der Waals surface area contributed by atoms with Crippen LogP contribution in [-0.4, -0.2) is 16.6 Å². The predicted molar refractivity (Wildman–Crippen MR) is 72.5 cm³/mol. The molecule has 0 heterocycles. The van der Waals surface area contributed by atoms with Gasteiger partial charge in [0.15, 0.2) is 0 Å². The van der Waals surface area contributed by atoms with Crippen LogP contribution >= 0.6 is 0 Å². The van der Waals surface area contributed by atoms with Crippen LogP contribution in [0.25, 0.3) is 0 Å². The van der Waals surface area contributed by atoms with Gasteiger partial charge in [-0.2, -0.15) is 0 Å². The Morgan fingerprint density at radius 2 is 2.18 bits per heavy atom. The second-order valence-corrected chi connectivity index (χ2v) is 5.95. The van der Waals surface area contributed by atoms with Gasteiger partial charge in [-0.1, -0.05) is 26.0 Å². The molecule has 1 aromatic rings. The van der Waals surface area contributed by atoms with Gasteiger partial charge in [0, 0.05) is 33.9 Å². The molecule has 0 saturated carbocycles. The van der Waals surface area contributed by atoms with Crippen molar-refractivity contribution in [1.82, 2.24) is 0 Å². The van der Waals surface area contributed by atoms with Crippen molar-refractivity contribution in [3.05, 3.63) is 29.3 Å². The Morgan fingerprint density at radius 1 is 1.47 bits per heavy atom. The molecule has 0 aliphatic rings. The van der Waals surface area contributed by atoms with Crippen LogP contribution in [0.15, 0.2) is 18.2 Å². The summed E-state index contributed by atoms with van der Waals surface area (Å²) in [6, 6.07) is 5.86. The molecule has 0 aliphatic carbocycles. The highest BCUT2D eigenvalue weighted by Crippen LogP contribution is 2.21. The van der Waals surface area contributed by atoms with E-state index in [1.54, 1.807) is 7.11 Å². The van der Waals surface area contributed by atoms with Gasteiger partial charge in [0.05, 0.1) is 7.11 Å². The zero-order valence-electron chi connectivity index (χ0n) is 10.7. The number of hydrogen-bond donors (Lipinski definition) is 1. The van der Waals surface area contributed by atoms with Gasteiger partial charge < -0.3 is 10.5 Å². The summed E-state index contributed by atoms with van der Waals surface area (Å²) in [5.74, 6) is 1.36. The largest absolute Gasteiger partial charge is 0.496 e. The van der Waals surface area contributed by atoms with E-state index < -0.39 is 10.8 Å². The van der Waals surface area contributed by atoms with Crippen molar-refractivity contribution in [1.29, 1.82) is 0 Å². The maximum absolute atomic E-state index is 11.9. The van der Waals surface area contributed by atoms with E-state index in [-0.39, 0.29) is 5.25 Å². The van der Waals surface area contributed by atoms with Crippen LogP contribution in [0, 0.1) is 0 Å². The lowest BCUT2D eigenvalue weighted by Gasteiger charge is -2.11. The van der Waals surface area contributed by atoms with Gasteiger partial charge in [0.25, 0.3) is 0 Å². The van der Waals surface area contributed by atoms with Crippen molar-refractivity contribution in [2.45, 2.75) is 37.8 Å². The molecular formula is C13H21NO2S. The molecule has 0 radical (unpaired) electrons. The van der Waals surface area contributed by atoms with Gasteiger partial charge >= 0.3 is 0 Å². The second-order valence-electron chi connectivity index (χ2n) is 4.09. The van der Waals surface area contributed by atoms with Crippen molar-refractivity contribution in [3.8, 4) is 5.75 Å². The highest BCUT2D eigenvalue weighted by molar-refractivity contribution is 7.84. The number of nitrogens with two attached hydrogens (primary N) is 1. The minimum absolute atomic E-state index is 0.232. The lowest BCUT2D eigenvalue weighted by molar-refractivity contribution is 0.409.